The lowest BCUT2D eigenvalue weighted by Crippen LogP contribution is -2.42. The highest BCUT2D eigenvalue weighted by Crippen LogP contribution is 2.36. The molecule has 1 aliphatic rings. The summed E-state index contributed by atoms with van der Waals surface area (Å²) in [6, 6.07) is 18.5. The number of aryl methyl sites for hydroxylation is 2. The van der Waals surface area contributed by atoms with Gasteiger partial charge in [-0.15, -0.1) is 0 Å². The van der Waals surface area contributed by atoms with Gasteiger partial charge in [-0.3, -0.25) is 9.36 Å². The Morgan fingerprint density at radius 1 is 0.854 bits per heavy atom. The van der Waals surface area contributed by atoms with Gasteiger partial charge in [0.25, 0.3) is 5.56 Å². The number of hydrogen-bond donors (Lipinski definition) is 1. The van der Waals surface area contributed by atoms with Crippen LogP contribution in [0, 0.1) is 31.3 Å². The van der Waals surface area contributed by atoms with Crippen LogP contribution in [0.2, 0.25) is 0 Å². The van der Waals surface area contributed by atoms with Crippen molar-refractivity contribution >= 4 is 22.7 Å². The molecule has 3 aromatic carbocycles. The summed E-state index contributed by atoms with van der Waals surface area (Å²) in [5.74, 6) is -1.90. The van der Waals surface area contributed by atoms with Crippen molar-refractivity contribution in [3.8, 4) is 16.9 Å². The number of aromatic nitrogens is 3. The van der Waals surface area contributed by atoms with Crippen molar-refractivity contribution in [3.63, 3.8) is 0 Å². The maximum atomic E-state index is 15.1. The van der Waals surface area contributed by atoms with Crippen LogP contribution in [0.25, 0.3) is 28.0 Å². The molecule has 9 heteroatoms. The average Bonchev–Trinajstić information content (AvgIpc) is 2.95. The van der Waals surface area contributed by atoms with Crippen molar-refractivity contribution in [1.82, 2.24) is 19.9 Å². The van der Waals surface area contributed by atoms with Crippen molar-refractivity contribution in [2.45, 2.75) is 32.7 Å². The number of nitrogens with zero attached hydrogens (tertiary/aromatic N) is 4. The highest BCUT2D eigenvalue weighted by Gasteiger charge is 2.28. The third-order valence-corrected chi connectivity index (χ3v) is 7.61. The normalized spacial score (nSPS) is 14.0. The molecular weight excluding hydrogens is 527 g/mol. The van der Waals surface area contributed by atoms with Crippen LogP contribution in [0.4, 0.5) is 24.8 Å². The standard InChI is InChI=1S/C32H28F3N5O/c1-19-6-3-4-9-27(19)39(22-14-16-36-17-15-22)32-37-29(23-11-10-21(33)18-20(23)2)24-12-13-28(41)40(31(24)38-32)30-25(34)7-5-8-26(30)35/h3-13,18,22,36H,14-17H2,1-2H3. The summed E-state index contributed by atoms with van der Waals surface area (Å²) in [6.07, 6.45) is 1.62. The maximum absolute atomic E-state index is 15.1. The zero-order valence-electron chi connectivity index (χ0n) is 22.7. The quantitative estimate of drug-likeness (QED) is 0.273. The Labute approximate surface area is 235 Å². The minimum absolute atomic E-state index is 0.0195. The lowest BCUT2D eigenvalue weighted by atomic mass is 10.0. The summed E-state index contributed by atoms with van der Waals surface area (Å²) >= 11 is 0. The van der Waals surface area contributed by atoms with Crippen LogP contribution in [-0.2, 0) is 0 Å². The van der Waals surface area contributed by atoms with E-state index >= 15 is 8.78 Å². The van der Waals surface area contributed by atoms with Gasteiger partial charge in [0.2, 0.25) is 5.95 Å². The molecule has 1 aliphatic heterocycles. The first-order chi connectivity index (χ1) is 19.8. The Bertz CT molecular complexity index is 1810. The maximum Gasteiger partial charge on any atom is 0.256 e. The number of hydrogen-bond acceptors (Lipinski definition) is 5. The molecule has 0 atom stereocenters. The van der Waals surface area contributed by atoms with Crippen molar-refractivity contribution in [3.05, 3.63) is 112 Å². The number of nitrogens with one attached hydrogen (secondary N) is 1. The zero-order valence-corrected chi connectivity index (χ0v) is 22.7. The van der Waals surface area contributed by atoms with E-state index < -0.39 is 28.7 Å². The number of halogens is 3. The average molecular weight is 556 g/mol. The smallest absolute Gasteiger partial charge is 0.256 e. The Hall–Kier alpha value is -4.50. The second-order valence-corrected chi connectivity index (χ2v) is 10.3. The molecule has 6 nitrogen and oxygen atoms in total. The summed E-state index contributed by atoms with van der Waals surface area (Å²) in [6.45, 7) is 5.37. The number of para-hydroxylation sites is 2. The van der Waals surface area contributed by atoms with Crippen LogP contribution in [-0.4, -0.2) is 33.7 Å². The van der Waals surface area contributed by atoms with Gasteiger partial charge in [-0.2, -0.15) is 4.98 Å². The Kier molecular flexibility index (Phi) is 7.05. The van der Waals surface area contributed by atoms with Crippen molar-refractivity contribution in [2.24, 2.45) is 0 Å². The number of rotatable bonds is 5. The lowest BCUT2D eigenvalue weighted by molar-refractivity contribution is 0.448. The van der Waals surface area contributed by atoms with E-state index in [1.54, 1.807) is 19.1 Å². The molecule has 1 saturated heterocycles. The first-order valence-corrected chi connectivity index (χ1v) is 13.5. The van der Waals surface area contributed by atoms with Crippen LogP contribution in [0.15, 0.2) is 77.6 Å². The summed E-state index contributed by atoms with van der Waals surface area (Å²) in [5.41, 5.74) is 2.46. The largest absolute Gasteiger partial charge is 0.317 e. The molecule has 208 valence electrons. The van der Waals surface area contributed by atoms with Gasteiger partial charge in [-0.1, -0.05) is 24.3 Å². The molecule has 2 aromatic heterocycles. The molecule has 3 heterocycles. The van der Waals surface area contributed by atoms with E-state index in [9.17, 15) is 9.18 Å². The third-order valence-electron chi connectivity index (χ3n) is 7.61. The van der Waals surface area contributed by atoms with E-state index in [1.165, 1.54) is 24.3 Å². The van der Waals surface area contributed by atoms with E-state index in [-0.39, 0.29) is 17.6 Å². The zero-order chi connectivity index (χ0) is 28.7. The van der Waals surface area contributed by atoms with E-state index in [0.29, 0.717) is 22.2 Å². The lowest BCUT2D eigenvalue weighted by Gasteiger charge is -2.36. The number of piperidine rings is 1. The molecule has 41 heavy (non-hydrogen) atoms. The summed E-state index contributed by atoms with van der Waals surface area (Å²) in [4.78, 5) is 25.3. The first kappa shape index (κ1) is 26.7. The number of benzene rings is 3. The van der Waals surface area contributed by atoms with Crippen LogP contribution < -0.4 is 15.8 Å². The highest BCUT2D eigenvalue weighted by molar-refractivity contribution is 5.93. The van der Waals surface area contributed by atoms with Crippen molar-refractivity contribution < 1.29 is 13.2 Å². The fraction of sp³-hybridized carbons (Fsp3) is 0.219. The number of pyridine rings is 1. The van der Waals surface area contributed by atoms with Crippen LogP contribution in [0.3, 0.4) is 0 Å². The van der Waals surface area contributed by atoms with Gasteiger partial charge in [-0.05, 0) is 93.4 Å². The van der Waals surface area contributed by atoms with E-state index in [1.807, 2.05) is 31.2 Å². The van der Waals surface area contributed by atoms with Gasteiger partial charge >= 0.3 is 0 Å². The van der Waals surface area contributed by atoms with Crippen molar-refractivity contribution in [1.29, 1.82) is 0 Å². The number of anilines is 2. The van der Waals surface area contributed by atoms with Crippen molar-refractivity contribution in [2.75, 3.05) is 18.0 Å². The monoisotopic (exact) mass is 555 g/mol. The molecule has 0 aliphatic carbocycles. The molecule has 6 rings (SSSR count). The van der Waals surface area contributed by atoms with Gasteiger partial charge < -0.3 is 10.2 Å². The van der Waals surface area contributed by atoms with Gasteiger partial charge in [0.05, 0.1) is 5.69 Å². The van der Waals surface area contributed by atoms with Gasteiger partial charge in [0.15, 0.2) is 5.65 Å². The Balaban J connectivity index is 1.73. The van der Waals surface area contributed by atoms with Crippen LogP contribution in [0.5, 0.6) is 0 Å². The molecular formula is C32H28F3N5O. The van der Waals surface area contributed by atoms with Crippen LogP contribution in [0.1, 0.15) is 24.0 Å². The van der Waals surface area contributed by atoms with Crippen LogP contribution >= 0.6 is 0 Å². The summed E-state index contributed by atoms with van der Waals surface area (Å²) < 4.78 is 45.4. The second-order valence-electron chi connectivity index (χ2n) is 10.3. The molecule has 5 aromatic rings. The molecule has 0 bridgehead atoms. The second kappa shape index (κ2) is 10.8. The van der Waals surface area contributed by atoms with Gasteiger partial charge in [0, 0.05) is 28.7 Å². The molecule has 0 amide bonds. The minimum Gasteiger partial charge on any atom is -0.317 e. The summed E-state index contributed by atoms with van der Waals surface area (Å²) in [7, 11) is 0. The Morgan fingerprint density at radius 2 is 1.59 bits per heavy atom. The first-order valence-electron chi connectivity index (χ1n) is 13.5. The van der Waals surface area contributed by atoms with E-state index in [2.05, 4.69) is 10.2 Å². The molecule has 0 spiro atoms. The fourth-order valence-electron chi connectivity index (χ4n) is 5.59. The fourth-order valence-corrected chi connectivity index (χ4v) is 5.59. The minimum atomic E-state index is -0.895. The predicted octanol–water partition coefficient (Wildman–Crippen LogP) is 6.37. The SMILES string of the molecule is Cc1cc(F)ccc1-c1nc(N(c2ccccc2C)C2CCNCC2)nc2c1ccc(=O)n2-c1c(F)cccc1F. The summed E-state index contributed by atoms with van der Waals surface area (Å²) in [5, 5.41) is 3.79. The Morgan fingerprint density at radius 3 is 2.29 bits per heavy atom. The third kappa shape index (κ3) is 4.86. The highest BCUT2D eigenvalue weighted by atomic mass is 19.1. The number of fused-ring (bicyclic) bond motifs is 1. The van der Waals surface area contributed by atoms with E-state index in [4.69, 9.17) is 9.97 Å². The predicted molar refractivity (Wildman–Crippen MR) is 154 cm³/mol. The molecule has 1 fully saturated rings. The van der Waals surface area contributed by atoms with Gasteiger partial charge in [0.1, 0.15) is 23.1 Å². The molecule has 0 radical (unpaired) electrons. The molecule has 1 N–H and O–H groups in total. The molecule has 0 unspecified atom stereocenters. The molecule has 0 saturated carbocycles. The van der Waals surface area contributed by atoms with Gasteiger partial charge in [-0.25, -0.2) is 18.2 Å². The topological polar surface area (TPSA) is 63.1 Å². The van der Waals surface area contributed by atoms with E-state index in [0.717, 1.165) is 53.9 Å².